The maximum atomic E-state index is 2.83. The number of rotatable bonds is 4. The van der Waals surface area contributed by atoms with E-state index < -0.39 is 5.41 Å². The summed E-state index contributed by atoms with van der Waals surface area (Å²) in [7, 11) is 0. The van der Waals surface area contributed by atoms with Crippen molar-refractivity contribution in [1.29, 1.82) is 0 Å². The zero-order valence-corrected chi connectivity index (χ0v) is 46.6. The van der Waals surface area contributed by atoms with Crippen LogP contribution < -0.4 is 10.4 Å². The second-order valence-electron chi connectivity index (χ2n) is 26.7. The van der Waals surface area contributed by atoms with E-state index in [0.29, 0.717) is 0 Å². The molecule has 0 radical (unpaired) electrons. The van der Waals surface area contributed by atoms with Crippen molar-refractivity contribution in [1.82, 2.24) is 9.05 Å². The van der Waals surface area contributed by atoms with Crippen LogP contribution in [0.15, 0.2) is 181 Å². The normalized spacial score (nSPS) is 15.5. The minimum absolute atomic E-state index is 0.0128. The third-order valence-corrected chi connectivity index (χ3v) is 17.2. The first-order chi connectivity index (χ1) is 35.5. The molecule has 0 saturated heterocycles. The lowest BCUT2D eigenvalue weighted by molar-refractivity contribution is 0.586. The Kier molecular flexibility index (Phi) is 10.0. The Hall–Kier alpha value is -7.30. The minimum Gasteiger partial charge on any atom is -0.375 e. The lowest BCUT2D eigenvalue weighted by atomic mass is 9.43. The number of benzene rings is 8. The molecule has 2 aromatic heterocycles. The van der Waals surface area contributed by atoms with E-state index in [-0.39, 0.29) is 28.5 Å². The van der Waals surface area contributed by atoms with Crippen molar-refractivity contribution >= 4 is 78.4 Å². The molecule has 0 unspecified atom stereocenters. The van der Waals surface area contributed by atoms with Gasteiger partial charge in [-0.25, -0.2) is 0 Å². The fourth-order valence-electron chi connectivity index (χ4n) is 13.3. The molecule has 3 aliphatic rings. The second-order valence-corrected chi connectivity index (χ2v) is 26.7. The molecule has 0 amide bonds. The Morgan fingerprint density at radius 3 is 1.53 bits per heavy atom. The molecule has 0 N–H and O–H groups in total. The van der Waals surface area contributed by atoms with Gasteiger partial charge >= 0.3 is 6.85 Å². The van der Waals surface area contributed by atoms with Gasteiger partial charge < -0.3 is 13.9 Å². The molecule has 4 heteroatoms. The van der Waals surface area contributed by atoms with E-state index in [1.54, 1.807) is 0 Å². The van der Waals surface area contributed by atoms with Crippen LogP contribution in [-0.4, -0.2) is 15.9 Å². The standard InChI is InChI=1S/C71H70BN3/c1-67(2,3)45-30-33-50(34-31-45)74-60-40-48(70(10,11)12)37-54-56-39-47(69(7,8)9)38-55-53-41-58-52(51-36-46(68(4,5)6)32-35-57(51)73(58)49-28-22-17-23-29-49)42-59(53)75(65(55)56)72(63(54)60)64-61(43-24-18-15-19-25-43)62(71(13,14)66(64)74)44-26-20-16-21-27-44/h15-42H,1-14H3. The first-order valence-electron chi connectivity index (χ1n) is 27.4. The number of hydrogen-bond acceptors (Lipinski definition) is 1. The second kappa shape index (κ2) is 15.9. The van der Waals surface area contributed by atoms with Gasteiger partial charge in [-0.2, -0.15) is 0 Å². The van der Waals surface area contributed by atoms with Gasteiger partial charge in [0.15, 0.2) is 0 Å². The fourth-order valence-corrected chi connectivity index (χ4v) is 13.3. The van der Waals surface area contributed by atoms with E-state index >= 15 is 0 Å². The Balaban J connectivity index is 1.26. The predicted molar refractivity (Wildman–Crippen MR) is 324 cm³/mol. The minimum atomic E-state index is -0.432. The summed E-state index contributed by atoms with van der Waals surface area (Å²) in [6.07, 6.45) is 0. The van der Waals surface area contributed by atoms with Crippen molar-refractivity contribution in [2.45, 2.75) is 119 Å². The monoisotopic (exact) mass is 976 g/mol. The van der Waals surface area contributed by atoms with E-state index in [2.05, 4.69) is 281 Å². The third kappa shape index (κ3) is 7.00. The van der Waals surface area contributed by atoms with Gasteiger partial charge in [-0.05, 0) is 149 Å². The van der Waals surface area contributed by atoms with Crippen LogP contribution in [0.25, 0.3) is 71.6 Å². The van der Waals surface area contributed by atoms with Crippen LogP contribution in [0.3, 0.4) is 0 Å². The molecule has 4 heterocycles. The van der Waals surface area contributed by atoms with E-state index in [1.807, 2.05) is 0 Å². The fraction of sp³-hybridized carbons (Fsp3) is 0.268. The zero-order chi connectivity index (χ0) is 52.5. The lowest BCUT2D eigenvalue weighted by Crippen LogP contribution is -2.51. The summed E-state index contributed by atoms with van der Waals surface area (Å²) in [5, 5.41) is 5.17. The number of anilines is 2. The van der Waals surface area contributed by atoms with Crippen molar-refractivity contribution < 1.29 is 0 Å². The first kappa shape index (κ1) is 47.4. The highest BCUT2D eigenvalue weighted by molar-refractivity contribution is 6.87. The van der Waals surface area contributed by atoms with Crippen LogP contribution in [0.1, 0.15) is 130 Å². The molecule has 0 bridgehead atoms. The number of aromatic nitrogens is 2. The molecule has 1 aliphatic carbocycles. The smallest absolute Gasteiger partial charge is 0.333 e. The Morgan fingerprint density at radius 2 is 0.920 bits per heavy atom. The van der Waals surface area contributed by atoms with Gasteiger partial charge in [0.2, 0.25) is 0 Å². The highest BCUT2D eigenvalue weighted by Gasteiger charge is 2.54. The van der Waals surface area contributed by atoms with Gasteiger partial charge in [-0.1, -0.05) is 200 Å². The van der Waals surface area contributed by atoms with E-state index in [4.69, 9.17) is 0 Å². The summed E-state index contributed by atoms with van der Waals surface area (Å²) < 4.78 is 5.35. The maximum Gasteiger partial charge on any atom is 0.333 e. The molecule has 3 nitrogen and oxygen atoms in total. The average molecular weight is 976 g/mol. The summed E-state index contributed by atoms with van der Waals surface area (Å²) in [4.78, 5) is 2.71. The molecule has 0 spiro atoms. The number of nitrogens with zero attached hydrogens (tertiary/aromatic N) is 3. The molecule has 0 fully saturated rings. The van der Waals surface area contributed by atoms with Crippen LogP contribution in [0.2, 0.25) is 0 Å². The van der Waals surface area contributed by atoms with E-state index in [1.165, 1.54) is 133 Å². The molecule has 0 saturated carbocycles. The predicted octanol–water partition coefficient (Wildman–Crippen LogP) is 18.4. The quantitative estimate of drug-likeness (QED) is 0.160. The summed E-state index contributed by atoms with van der Waals surface area (Å²) in [6, 6.07) is 65.9. The SMILES string of the molecule is CC1(C)C(c2ccccc2)=C(c2ccccc2)C2=C1N(c1ccc(C(C)(C)C)cc1)c1cc(C(C)(C)C)cc3c1B2n1c2cc4c5cc(C(C)(C)C)ccc5n(-c5ccccc5)c4cc2c2cc(C(C)(C)C)cc-3c21. The van der Waals surface area contributed by atoms with Gasteiger partial charge in [-0.3, -0.25) is 0 Å². The average Bonchev–Trinajstić information content (AvgIpc) is 4.08. The number of para-hydroxylation sites is 1. The summed E-state index contributed by atoms with van der Waals surface area (Å²) in [6.45, 7) is 33.1. The van der Waals surface area contributed by atoms with Crippen molar-refractivity contribution in [2.75, 3.05) is 4.90 Å². The van der Waals surface area contributed by atoms with Gasteiger partial charge in [-0.15, -0.1) is 0 Å². The molecule has 8 aromatic carbocycles. The Morgan fingerprint density at radius 1 is 0.413 bits per heavy atom. The molecule has 13 rings (SSSR count). The molecule has 75 heavy (non-hydrogen) atoms. The van der Waals surface area contributed by atoms with Crippen LogP contribution >= 0.6 is 0 Å². The molecule has 372 valence electrons. The molecule has 0 atom stereocenters. The van der Waals surface area contributed by atoms with Crippen LogP contribution in [0, 0.1) is 5.41 Å². The highest BCUT2D eigenvalue weighted by atomic mass is 15.2. The molecular formula is C71H70BN3. The van der Waals surface area contributed by atoms with Crippen LogP contribution in [-0.2, 0) is 21.7 Å². The number of allylic oxidation sites excluding steroid dienone is 3. The maximum absolute atomic E-state index is 2.83. The largest absolute Gasteiger partial charge is 0.375 e. The molecule has 2 aliphatic heterocycles. The number of fused-ring (bicyclic) bond motifs is 9. The Bertz CT molecular complexity index is 4080. The van der Waals surface area contributed by atoms with E-state index in [9.17, 15) is 0 Å². The third-order valence-electron chi connectivity index (χ3n) is 17.2. The van der Waals surface area contributed by atoms with Crippen molar-refractivity contribution in [2.24, 2.45) is 5.41 Å². The first-order valence-corrected chi connectivity index (χ1v) is 27.4. The van der Waals surface area contributed by atoms with Gasteiger partial charge in [0.25, 0.3) is 0 Å². The summed E-state index contributed by atoms with van der Waals surface area (Å²) >= 11 is 0. The van der Waals surface area contributed by atoms with Crippen molar-refractivity contribution in [3.63, 3.8) is 0 Å². The lowest BCUT2D eigenvalue weighted by Gasteiger charge is -2.45. The van der Waals surface area contributed by atoms with Gasteiger partial charge in [0.05, 0.1) is 11.0 Å². The van der Waals surface area contributed by atoms with Crippen molar-refractivity contribution in [3.8, 4) is 16.8 Å². The summed E-state index contributed by atoms with van der Waals surface area (Å²) in [5.74, 6) is 0. The zero-order valence-electron chi connectivity index (χ0n) is 46.6. The number of hydrogen-bond donors (Lipinski definition) is 0. The van der Waals surface area contributed by atoms with Crippen molar-refractivity contribution in [3.05, 3.63) is 214 Å². The molecular weight excluding hydrogens is 906 g/mol. The van der Waals surface area contributed by atoms with E-state index in [0.717, 1.165) is 0 Å². The summed E-state index contributed by atoms with van der Waals surface area (Å²) in [5.41, 5.74) is 25.4. The van der Waals surface area contributed by atoms with Gasteiger partial charge in [0, 0.05) is 66.3 Å². The van der Waals surface area contributed by atoms with Crippen LogP contribution in [0.5, 0.6) is 0 Å². The molecule has 10 aromatic rings. The van der Waals surface area contributed by atoms with Gasteiger partial charge in [0.1, 0.15) is 0 Å². The Labute approximate surface area is 445 Å². The van der Waals surface area contributed by atoms with Crippen LogP contribution in [0.4, 0.5) is 11.4 Å². The highest BCUT2D eigenvalue weighted by Crippen LogP contribution is 2.62. The topological polar surface area (TPSA) is 13.1 Å².